The van der Waals surface area contributed by atoms with Crippen LogP contribution in [0.25, 0.3) is 10.9 Å². The molecular weight excluding hydrogens is 308 g/mol. The largest absolute Gasteiger partial charge is 0.378 e. The average molecular weight is 325 g/mol. The van der Waals surface area contributed by atoms with Gasteiger partial charge in [0.15, 0.2) is 6.10 Å². The number of halogens is 1. The van der Waals surface area contributed by atoms with Crippen molar-refractivity contribution in [3.8, 4) is 0 Å². The van der Waals surface area contributed by atoms with E-state index in [1.165, 1.54) is 0 Å². The third-order valence-corrected chi connectivity index (χ3v) is 3.49. The van der Waals surface area contributed by atoms with Gasteiger partial charge in [-0.25, -0.2) is 0 Å². The number of benzene rings is 1. The number of aromatic nitrogens is 1. The van der Waals surface area contributed by atoms with Crippen molar-refractivity contribution in [1.29, 1.82) is 0 Å². The van der Waals surface area contributed by atoms with Gasteiger partial charge < -0.3 is 15.4 Å². The Morgan fingerprint density at radius 1 is 1.47 bits per heavy atom. The second-order valence-electron chi connectivity index (χ2n) is 5.10. The number of fused-ring (bicyclic) bond motifs is 1. The Morgan fingerprint density at radius 3 is 2.74 bits per heavy atom. The van der Waals surface area contributed by atoms with Crippen LogP contribution in [0.15, 0.2) is 28.9 Å². The van der Waals surface area contributed by atoms with E-state index in [4.69, 9.17) is 5.73 Å². The smallest absolute Gasteiger partial charge is 0.250 e. The van der Waals surface area contributed by atoms with E-state index in [1.807, 2.05) is 29.0 Å². The molecular formula is C14H17BrN2O2. The van der Waals surface area contributed by atoms with Crippen LogP contribution in [0.4, 0.5) is 0 Å². The summed E-state index contributed by atoms with van der Waals surface area (Å²) >= 11 is 3.44. The summed E-state index contributed by atoms with van der Waals surface area (Å²) in [6.45, 7) is 5.06. The number of aliphatic hydroxyl groups is 1. The maximum atomic E-state index is 11.2. The van der Waals surface area contributed by atoms with Gasteiger partial charge in [0, 0.05) is 33.7 Å². The van der Waals surface area contributed by atoms with Crippen LogP contribution in [0.1, 0.15) is 25.5 Å². The van der Waals surface area contributed by atoms with Crippen LogP contribution in [-0.2, 0) is 11.3 Å². The number of carbonyl (C=O) groups is 1. The molecule has 4 nitrogen and oxygen atoms in total. The fraction of sp³-hybridized carbons (Fsp3) is 0.357. The van der Waals surface area contributed by atoms with Gasteiger partial charge >= 0.3 is 0 Å². The lowest BCUT2D eigenvalue weighted by Gasteiger charge is -2.08. The van der Waals surface area contributed by atoms with Crippen molar-refractivity contribution in [2.45, 2.75) is 26.5 Å². The molecule has 0 radical (unpaired) electrons. The van der Waals surface area contributed by atoms with Crippen molar-refractivity contribution in [3.05, 3.63) is 34.4 Å². The minimum absolute atomic E-state index is 0.466. The summed E-state index contributed by atoms with van der Waals surface area (Å²) < 4.78 is 3.01. The Hall–Kier alpha value is -1.33. The summed E-state index contributed by atoms with van der Waals surface area (Å²) in [6.07, 6.45) is 0.545. The Kier molecular flexibility index (Phi) is 3.96. The summed E-state index contributed by atoms with van der Waals surface area (Å²) in [5.74, 6) is -0.264. The molecule has 1 amide bonds. The first-order valence-corrected chi connectivity index (χ1v) is 6.95. The molecule has 0 aliphatic heterocycles. The third-order valence-electron chi connectivity index (χ3n) is 3.00. The molecule has 5 heteroatoms. The molecule has 1 aromatic heterocycles. The van der Waals surface area contributed by atoms with Crippen LogP contribution in [0.5, 0.6) is 0 Å². The summed E-state index contributed by atoms with van der Waals surface area (Å²) in [7, 11) is 0. The molecule has 0 fully saturated rings. The van der Waals surface area contributed by atoms with Crippen molar-refractivity contribution < 1.29 is 9.90 Å². The van der Waals surface area contributed by atoms with E-state index in [0.29, 0.717) is 11.5 Å². The standard InChI is InChI=1S/C14H17BrN2O2/c1-8(2)6-17-7-11(13(18)14(16)19)10-4-3-9(15)5-12(10)17/h3-5,7-8,13,18H,6H2,1-2H3,(H2,16,19). The predicted octanol–water partition coefficient (Wildman–Crippen LogP) is 2.58. The van der Waals surface area contributed by atoms with Crippen molar-refractivity contribution in [3.63, 3.8) is 0 Å². The van der Waals surface area contributed by atoms with E-state index in [-0.39, 0.29) is 0 Å². The fourth-order valence-corrected chi connectivity index (χ4v) is 2.56. The molecule has 0 saturated carbocycles. The summed E-state index contributed by atoms with van der Waals surface area (Å²) in [6, 6.07) is 5.76. The number of primary amides is 1. The van der Waals surface area contributed by atoms with E-state index < -0.39 is 12.0 Å². The molecule has 2 aromatic rings. The molecule has 1 heterocycles. The highest BCUT2D eigenvalue weighted by molar-refractivity contribution is 9.10. The molecule has 2 rings (SSSR count). The zero-order chi connectivity index (χ0) is 14.2. The summed E-state index contributed by atoms with van der Waals surface area (Å²) in [5.41, 5.74) is 6.74. The Morgan fingerprint density at radius 2 is 2.16 bits per heavy atom. The lowest BCUT2D eigenvalue weighted by atomic mass is 10.1. The molecule has 0 saturated heterocycles. The van der Waals surface area contributed by atoms with Crippen LogP contribution < -0.4 is 5.73 Å². The van der Waals surface area contributed by atoms with Crippen LogP contribution in [0.2, 0.25) is 0 Å². The minimum Gasteiger partial charge on any atom is -0.378 e. The zero-order valence-corrected chi connectivity index (χ0v) is 12.5. The first-order chi connectivity index (χ1) is 8.90. The number of hydrogen-bond donors (Lipinski definition) is 2. The molecule has 3 N–H and O–H groups in total. The first-order valence-electron chi connectivity index (χ1n) is 6.16. The van der Waals surface area contributed by atoms with Gasteiger partial charge in [0.1, 0.15) is 0 Å². The molecule has 1 unspecified atom stereocenters. The molecule has 1 aromatic carbocycles. The van der Waals surface area contributed by atoms with Crippen molar-refractivity contribution in [1.82, 2.24) is 4.57 Å². The second kappa shape index (κ2) is 5.35. The van der Waals surface area contributed by atoms with Gasteiger partial charge in [0.05, 0.1) is 0 Å². The summed E-state index contributed by atoms with van der Waals surface area (Å²) in [5, 5.41) is 10.8. The van der Waals surface area contributed by atoms with E-state index in [0.717, 1.165) is 21.9 Å². The van der Waals surface area contributed by atoms with Gasteiger partial charge in [-0.05, 0) is 18.1 Å². The minimum atomic E-state index is -1.27. The Balaban J connectivity index is 2.62. The fourth-order valence-electron chi connectivity index (χ4n) is 2.21. The van der Waals surface area contributed by atoms with Crippen LogP contribution in [-0.4, -0.2) is 15.6 Å². The third kappa shape index (κ3) is 2.82. The van der Waals surface area contributed by atoms with Gasteiger partial charge in [-0.3, -0.25) is 4.79 Å². The van der Waals surface area contributed by atoms with Crippen molar-refractivity contribution >= 4 is 32.7 Å². The highest BCUT2D eigenvalue weighted by Crippen LogP contribution is 2.29. The normalized spacial score (nSPS) is 13.1. The monoisotopic (exact) mass is 324 g/mol. The predicted molar refractivity (Wildman–Crippen MR) is 78.6 cm³/mol. The lowest BCUT2D eigenvalue weighted by Crippen LogP contribution is -2.20. The van der Waals surface area contributed by atoms with Gasteiger partial charge in [0.2, 0.25) is 0 Å². The first kappa shape index (κ1) is 14.1. The van der Waals surface area contributed by atoms with Crippen molar-refractivity contribution in [2.75, 3.05) is 0 Å². The van der Waals surface area contributed by atoms with E-state index in [1.54, 1.807) is 0 Å². The molecule has 0 bridgehead atoms. The van der Waals surface area contributed by atoms with E-state index >= 15 is 0 Å². The second-order valence-corrected chi connectivity index (χ2v) is 6.01. The van der Waals surface area contributed by atoms with Crippen molar-refractivity contribution in [2.24, 2.45) is 11.7 Å². The molecule has 0 aliphatic rings. The maximum absolute atomic E-state index is 11.2. The van der Waals surface area contributed by atoms with Crippen LogP contribution >= 0.6 is 15.9 Å². The number of carbonyl (C=O) groups excluding carboxylic acids is 1. The maximum Gasteiger partial charge on any atom is 0.250 e. The number of hydrogen-bond acceptors (Lipinski definition) is 2. The number of rotatable bonds is 4. The molecule has 0 spiro atoms. The highest BCUT2D eigenvalue weighted by Gasteiger charge is 2.20. The molecule has 0 aliphatic carbocycles. The molecule has 1 atom stereocenters. The number of amides is 1. The number of aliphatic hydroxyl groups excluding tert-OH is 1. The zero-order valence-electron chi connectivity index (χ0n) is 10.9. The summed E-state index contributed by atoms with van der Waals surface area (Å²) in [4.78, 5) is 11.2. The van der Waals surface area contributed by atoms with Gasteiger partial charge in [-0.1, -0.05) is 35.8 Å². The van der Waals surface area contributed by atoms with E-state index in [2.05, 4.69) is 29.8 Å². The number of nitrogens with zero attached hydrogens (tertiary/aromatic N) is 1. The molecule has 102 valence electrons. The van der Waals surface area contributed by atoms with Gasteiger partial charge in [-0.15, -0.1) is 0 Å². The SMILES string of the molecule is CC(C)Cn1cc(C(O)C(N)=O)c2ccc(Br)cc21. The topological polar surface area (TPSA) is 68.2 Å². The van der Waals surface area contributed by atoms with Gasteiger partial charge in [0.25, 0.3) is 5.91 Å². The van der Waals surface area contributed by atoms with Gasteiger partial charge in [-0.2, -0.15) is 0 Å². The average Bonchev–Trinajstić information content (AvgIpc) is 2.65. The number of nitrogens with two attached hydrogens (primary N) is 1. The molecule has 19 heavy (non-hydrogen) atoms. The quantitative estimate of drug-likeness (QED) is 0.907. The Labute approximate surface area is 120 Å². The highest BCUT2D eigenvalue weighted by atomic mass is 79.9. The van der Waals surface area contributed by atoms with E-state index in [9.17, 15) is 9.90 Å². The Bertz CT molecular complexity index is 619. The van der Waals surface area contributed by atoms with Crippen LogP contribution in [0, 0.1) is 5.92 Å². The lowest BCUT2D eigenvalue weighted by molar-refractivity contribution is -0.126. The van der Waals surface area contributed by atoms with Crippen LogP contribution in [0.3, 0.4) is 0 Å².